The summed E-state index contributed by atoms with van der Waals surface area (Å²) in [7, 11) is 1.52. The third kappa shape index (κ3) is 2.69. The Hall–Kier alpha value is -3.07. The molecule has 116 valence electrons. The van der Waals surface area contributed by atoms with Gasteiger partial charge in [0.1, 0.15) is 5.56 Å². The molecule has 0 saturated carbocycles. The van der Waals surface area contributed by atoms with E-state index in [0.29, 0.717) is 10.3 Å². The first-order chi connectivity index (χ1) is 11.0. The van der Waals surface area contributed by atoms with Crippen LogP contribution in [0.1, 0.15) is 20.7 Å². The van der Waals surface area contributed by atoms with Gasteiger partial charge in [0.15, 0.2) is 5.13 Å². The Morgan fingerprint density at radius 1 is 1.39 bits per heavy atom. The van der Waals surface area contributed by atoms with E-state index >= 15 is 0 Å². The number of carboxylic acid groups (broad SMARTS) is 1. The second kappa shape index (κ2) is 5.61. The van der Waals surface area contributed by atoms with Gasteiger partial charge in [-0.15, -0.1) is 0 Å². The summed E-state index contributed by atoms with van der Waals surface area (Å²) in [5, 5.41) is 9.21. The summed E-state index contributed by atoms with van der Waals surface area (Å²) in [6.45, 7) is 0. The molecule has 8 nitrogen and oxygen atoms in total. The minimum Gasteiger partial charge on any atom is -0.477 e. The summed E-state index contributed by atoms with van der Waals surface area (Å²) in [5.41, 5.74) is -1.09. The molecule has 23 heavy (non-hydrogen) atoms. The third-order valence-corrected chi connectivity index (χ3v) is 4.08. The second-order valence-electron chi connectivity index (χ2n) is 4.52. The van der Waals surface area contributed by atoms with Crippen molar-refractivity contribution in [3.8, 4) is 0 Å². The van der Waals surface area contributed by atoms with E-state index in [1.165, 1.54) is 24.2 Å². The van der Waals surface area contributed by atoms with Crippen molar-refractivity contribution in [3.63, 3.8) is 0 Å². The van der Waals surface area contributed by atoms with E-state index in [1.54, 1.807) is 18.3 Å². The van der Waals surface area contributed by atoms with Crippen LogP contribution in [0.15, 0.2) is 39.8 Å². The number of carboxylic acids is 1. The summed E-state index contributed by atoms with van der Waals surface area (Å²) < 4.78 is 5.25. The molecule has 3 rings (SSSR count). The van der Waals surface area contributed by atoms with E-state index < -0.39 is 17.2 Å². The fourth-order valence-electron chi connectivity index (χ4n) is 1.87. The number of hydrogen-bond donors (Lipinski definition) is 1. The number of carbonyl (C=O) groups is 2. The van der Waals surface area contributed by atoms with Crippen molar-refractivity contribution >= 4 is 38.8 Å². The van der Waals surface area contributed by atoms with Crippen LogP contribution >= 0.6 is 11.3 Å². The summed E-state index contributed by atoms with van der Waals surface area (Å²) >= 11 is 1.05. The molecule has 0 atom stereocenters. The highest BCUT2D eigenvalue weighted by Gasteiger charge is 2.20. The molecule has 0 aliphatic carbocycles. The van der Waals surface area contributed by atoms with Gasteiger partial charge in [-0.3, -0.25) is 14.7 Å². The van der Waals surface area contributed by atoms with Crippen molar-refractivity contribution in [2.45, 2.75) is 0 Å². The minimum absolute atomic E-state index is 0.00848. The van der Waals surface area contributed by atoms with E-state index in [-0.39, 0.29) is 16.8 Å². The first-order valence-electron chi connectivity index (χ1n) is 6.33. The van der Waals surface area contributed by atoms with Crippen LogP contribution in [-0.4, -0.2) is 34.0 Å². The second-order valence-corrected chi connectivity index (χ2v) is 5.53. The van der Waals surface area contributed by atoms with Crippen LogP contribution < -0.4 is 10.5 Å². The van der Waals surface area contributed by atoms with Gasteiger partial charge in [0.25, 0.3) is 5.91 Å². The predicted octanol–water partition coefficient (Wildman–Crippen LogP) is 1.62. The highest BCUT2D eigenvalue weighted by atomic mass is 32.1. The van der Waals surface area contributed by atoms with E-state index in [1.807, 2.05) is 0 Å². The quantitative estimate of drug-likeness (QED) is 0.775. The maximum absolute atomic E-state index is 12.3. The smallest absolute Gasteiger partial charge is 0.352 e. The zero-order valence-corrected chi connectivity index (χ0v) is 12.5. The summed E-state index contributed by atoms with van der Waals surface area (Å²) in [5.74, 6) is -1.71. The Labute approximate surface area is 132 Å². The number of nitrogens with zero attached hydrogens (tertiary/aromatic N) is 3. The predicted molar refractivity (Wildman–Crippen MR) is 82.1 cm³/mol. The number of rotatable bonds is 3. The lowest BCUT2D eigenvalue weighted by Gasteiger charge is -2.12. The lowest BCUT2D eigenvalue weighted by Crippen LogP contribution is -2.26. The number of thiazole rings is 1. The van der Waals surface area contributed by atoms with Crippen molar-refractivity contribution < 1.29 is 19.1 Å². The minimum atomic E-state index is -1.38. The van der Waals surface area contributed by atoms with Crippen molar-refractivity contribution in [1.82, 2.24) is 9.97 Å². The third-order valence-electron chi connectivity index (χ3n) is 3.02. The van der Waals surface area contributed by atoms with Crippen LogP contribution in [0.3, 0.4) is 0 Å². The molecular weight excluding hydrogens is 322 g/mol. The average molecular weight is 331 g/mol. The van der Waals surface area contributed by atoms with Crippen LogP contribution in [-0.2, 0) is 0 Å². The van der Waals surface area contributed by atoms with E-state index in [4.69, 9.17) is 9.52 Å². The van der Waals surface area contributed by atoms with Gasteiger partial charge in [-0.2, -0.15) is 4.98 Å². The fraction of sp³-hybridized carbons (Fsp3) is 0.0714. The molecular formula is C14H9N3O5S. The number of aromatic carboxylic acids is 1. The normalized spacial score (nSPS) is 10.7. The molecule has 0 saturated heterocycles. The Morgan fingerprint density at radius 2 is 2.17 bits per heavy atom. The molecule has 0 aliphatic heterocycles. The first kappa shape index (κ1) is 14.9. The molecule has 9 heteroatoms. The van der Waals surface area contributed by atoms with Gasteiger partial charge in [0.05, 0.1) is 10.3 Å². The maximum Gasteiger partial charge on any atom is 0.352 e. The van der Waals surface area contributed by atoms with Crippen molar-refractivity contribution in [3.05, 3.63) is 52.1 Å². The number of amides is 1. The van der Waals surface area contributed by atoms with Crippen LogP contribution in [0.2, 0.25) is 0 Å². The van der Waals surface area contributed by atoms with Gasteiger partial charge in [-0.25, -0.2) is 9.59 Å². The van der Waals surface area contributed by atoms with Crippen molar-refractivity contribution in [1.29, 1.82) is 0 Å². The van der Waals surface area contributed by atoms with Gasteiger partial charge in [-0.1, -0.05) is 11.3 Å². The van der Waals surface area contributed by atoms with E-state index in [9.17, 15) is 14.4 Å². The van der Waals surface area contributed by atoms with Gasteiger partial charge >= 0.3 is 11.6 Å². The van der Waals surface area contributed by atoms with Crippen LogP contribution in [0.25, 0.3) is 10.4 Å². The SMILES string of the molecule is CN(C(=O)c1cccnc1)c1nc2oc(=O)c(C(=O)O)cc2s1. The topological polar surface area (TPSA) is 114 Å². The molecule has 0 radical (unpaired) electrons. The maximum atomic E-state index is 12.3. The number of pyridine rings is 1. The Kier molecular flexibility index (Phi) is 3.62. The summed E-state index contributed by atoms with van der Waals surface area (Å²) in [4.78, 5) is 44.0. The zero-order chi connectivity index (χ0) is 16.6. The Morgan fingerprint density at radius 3 is 2.83 bits per heavy atom. The standard InChI is InChI=1S/C14H9N3O5S/c1-17(11(18)7-3-2-4-15-6-7)14-16-10-9(23-14)5-8(12(19)20)13(21)22-10/h2-6H,1H3,(H,19,20). The summed E-state index contributed by atoms with van der Waals surface area (Å²) in [6, 6.07) is 4.44. The molecule has 1 N–H and O–H groups in total. The highest BCUT2D eigenvalue weighted by molar-refractivity contribution is 7.22. The molecule has 3 heterocycles. The van der Waals surface area contributed by atoms with Crippen LogP contribution in [0.4, 0.5) is 5.13 Å². The first-order valence-corrected chi connectivity index (χ1v) is 7.15. The molecule has 0 fully saturated rings. The van der Waals surface area contributed by atoms with Gasteiger partial charge in [0.2, 0.25) is 5.71 Å². The number of anilines is 1. The molecule has 3 aromatic heterocycles. The number of fused-ring (bicyclic) bond motifs is 1. The fourth-order valence-corrected chi connectivity index (χ4v) is 2.76. The van der Waals surface area contributed by atoms with E-state index in [2.05, 4.69) is 9.97 Å². The Bertz CT molecular complexity index is 963. The highest BCUT2D eigenvalue weighted by Crippen LogP contribution is 2.28. The molecule has 0 aliphatic rings. The molecule has 1 amide bonds. The zero-order valence-electron chi connectivity index (χ0n) is 11.7. The molecule has 3 aromatic rings. The molecule has 0 unspecified atom stereocenters. The van der Waals surface area contributed by atoms with Crippen molar-refractivity contribution in [2.75, 3.05) is 11.9 Å². The van der Waals surface area contributed by atoms with Gasteiger partial charge in [-0.05, 0) is 18.2 Å². The largest absolute Gasteiger partial charge is 0.477 e. The molecule has 0 spiro atoms. The number of aromatic nitrogens is 2. The Balaban J connectivity index is 2.02. The lowest BCUT2D eigenvalue weighted by molar-refractivity contribution is 0.0692. The van der Waals surface area contributed by atoms with Gasteiger partial charge in [0, 0.05) is 19.4 Å². The van der Waals surface area contributed by atoms with E-state index in [0.717, 1.165) is 11.3 Å². The summed E-state index contributed by atoms with van der Waals surface area (Å²) in [6.07, 6.45) is 2.98. The number of carbonyl (C=O) groups excluding carboxylic acids is 1. The number of hydrogen-bond acceptors (Lipinski definition) is 7. The molecule has 0 bridgehead atoms. The monoisotopic (exact) mass is 331 g/mol. The lowest BCUT2D eigenvalue weighted by atomic mass is 10.2. The average Bonchev–Trinajstić information content (AvgIpc) is 2.96. The van der Waals surface area contributed by atoms with Crippen LogP contribution in [0.5, 0.6) is 0 Å². The van der Waals surface area contributed by atoms with Crippen LogP contribution in [0, 0.1) is 0 Å². The van der Waals surface area contributed by atoms with Crippen molar-refractivity contribution in [2.24, 2.45) is 0 Å². The van der Waals surface area contributed by atoms with Gasteiger partial charge < -0.3 is 9.52 Å². The molecule has 0 aromatic carbocycles.